The fourth-order valence-electron chi connectivity index (χ4n) is 3.78. The molecule has 1 fully saturated rings. The molecule has 0 aliphatic carbocycles. The van der Waals surface area contributed by atoms with Gasteiger partial charge in [-0.1, -0.05) is 18.2 Å². The number of carbonyl (C=O) groups is 1. The molecular formula is C22H30FN3O2+2. The van der Waals surface area contributed by atoms with E-state index in [0.717, 1.165) is 49.5 Å². The molecule has 150 valence electrons. The Morgan fingerprint density at radius 3 is 2.54 bits per heavy atom. The molecule has 3 N–H and O–H groups in total. The van der Waals surface area contributed by atoms with Crippen molar-refractivity contribution in [3.05, 3.63) is 59.4 Å². The van der Waals surface area contributed by atoms with Crippen molar-refractivity contribution in [2.45, 2.75) is 26.4 Å². The zero-order chi connectivity index (χ0) is 20.1. The average molecular weight is 387 g/mol. The Balaban J connectivity index is 1.51. The second-order valence-electron chi connectivity index (χ2n) is 7.58. The Bertz CT molecular complexity index is 819. The highest BCUT2D eigenvalue weighted by Crippen LogP contribution is 2.17. The molecule has 1 amide bonds. The molecule has 5 nitrogen and oxygen atoms in total. The summed E-state index contributed by atoms with van der Waals surface area (Å²) in [7, 11) is 1.47. The third kappa shape index (κ3) is 4.88. The van der Waals surface area contributed by atoms with Crippen LogP contribution >= 0.6 is 0 Å². The molecule has 3 rings (SSSR count). The third-order valence-corrected chi connectivity index (χ3v) is 5.68. The van der Waals surface area contributed by atoms with Gasteiger partial charge in [0.25, 0.3) is 5.91 Å². The number of amides is 1. The van der Waals surface area contributed by atoms with Crippen LogP contribution in [0.25, 0.3) is 0 Å². The van der Waals surface area contributed by atoms with Gasteiger partial charge in [-0.3, -0.25) is 4.79 Å². The molecule has 1 saturated heterocycles. The molecule has 6 heteroatoms. The second-order valence-corrected chi connectivity index (χ2v) is 7.58. The predicted molar refractivity (Wildman–Crippen MR) is 107 cm³/mol. The number of quaternary nitrogens is 2. The van der Waals surface area contributed by atoms with Crippen LogP contribution in [0.4, 0.5) is 10.1 Å². The van der Waals surface area contributed by atoms with Crippen LogP contribution in [-0.4, -0.2) is 45.2 Å². The topological polar surface area (TPSA) is 47.2 Å². The Morgan fingerprint density at radius 2 is 1.89 bits per heavy atom. The smallest absolute Gasteiger partial charge is 0.282 e. The normalized spacial score (nSPS) is 20.4. The van der Waals surface area contributed by atoms with Crippen molar-refractivity contribution in [3.63, 3.8) is 0 Å². The van der Waals surface area contributed by atoms with E-state index in [1.165, 1.54) is 16.9 Å². The van der Waals surface area contributed by atoms with Crippen LogP contribution in [0.3, 0.4) is 0 Å². The van der Waals surface area contributed by atoms with Crippen LogP contribution in [0.2, 0.25) is 0 Å². The Hall–Kier alpha value is -2.44. The Labute approximate surface area is 166 Å². The maximum atomic E-state index is 13.9. The first-order chi connectivity index (χ1) is 13.5. The van der Waals surface area contributed by atoms with Gasteiger partial charge >= 0.3 is 0 Å². The van der Waals surface area contributed by atoms with Gasteiger partial charge < -0.3 is 19.9 Å². The van der Waals surface area contributed by atoms with E-state index in [1.807, 2.05) is 44.2 Å². The van der Waals surface area contributed by atoms with Crippen molar-refractivity contribution in [3.8, 4) is 5.75 Å². The van der Waals surface area contributed by atoms with E-state index in [-0.39, 0.29) is 23.5 Å². The van der Waals surface area contributed by atoms with Gasteiger partial charge in [-0.15, -0.1) is 0 Å². The number of rotatable bonds is 6. The van der Waals surface area contributed by atoms with Crippen molar-refractivity contribution in [1.29, 1.82) is 0 Å². The number of para-hydroxylation sites is 1. The molecule has 1 heterocycles. The van der Waals surface area contributed by atoms with Crippen molar-refractivity contribution in [2.75, 3.05) is 38.6 Å². The maximum absolute atomic E-state index is 13.9. The number of carbonyl (C=O) groups excluding carboxylic acids is 1. The van der Waals surface area contributed by atoms with Crippen LogP contribution in [0.1, 0.15) is 18.1 Å². The fraction of sp³-hybridized carbons (Fsp3) is 0.409. The highest BCUT2D eigenvalue weighted by Gasteiger charge is 2.31. The summed E-state index contributed by atoms with van der Waals surface area (Å²) in [4.78, 5) is 15.4. The number of aryl methyl sites for hydroxylation is 1. The number of piperazine rings is 1. The van der Waals surface area contributed by atoms with E-state index in [1.54, 1.807) is 12.1 Å². The number of halogens is 1. The minimum atomic E-state index is -0.315. The predicted octanol–water partition coefficient (Wildman–Crippen LogP) is 0.453. The first kappa shape index (κ1) is 20.3. The molecular weight excluding hydrogens is 357 g/mol. The van der Waals surface area contributed by atoms with Gasteiger partial charge in [-0.2, -0.15) is 0 Å². The number of anilines is 1. The molecule has 0 unspecified atom stereocenters. The van der Waals surface area contributed by atoms with Gasteiger partial charge in [0, 0.05) is 11.3 Å². The second kappa shape index (κ2) is 9.17. The molecule has 0 spiro atoms. The van der Waals surface area contributed by atoms with Crippen molar-refractivity contribution in [1.82, 2.24) is 0 Å². The zero-order valence-corrected chi connectivity index (χ0v) is 16.8. The maximum Gasteiger partial charge on any atom is 0.282 e. The zero-order valence-electron chi connectivity index (χ0n) is 16.8. The van der Waals surface area contributed by atoms with E-state index in [2.05, 4.69) is 5.32 Å². The molecule has 1 atom stereocenters. The monoisotopic (exact) mass is 387 g/mol. The summed E-state index contributed by atoms with van der Waals surface area (Å²) in [6.45, 7) is 8.56. The largest absolute Gasteiger partial charge is 0.494 e. The van der Waals surface area contributed by atoms with Gasteiger partial charge in [0.15, 0.2) is 17.6 Å². The number of nitrogens with one attached hydrogen (secondary N) is 3. The summed E-state index contributed by atoms with van der Waals surface area (Å²) in [6, 6.07) is 12.9. The van der Waals surface area contributed by atoms with Gasteiger partial charge in [0.2, 0.25) is 0 Å². The SMILES string of the molecule is COc1ccc(C[NH+]2CC[NH+]([C@@H](C)C(=O)Nc3ccccc3C)CC2)cc1F. The van der Waals surface area contributed by atoms with Crippen LogP contribution in [0, 0.1) is 12.7 Å². The van der Waals surface area contributed by atoms with E-state index >= 15 is 0 Å². The molecule has 0 aromatic heterocycles. The van der Waals surface area contributed by atoms with E-state index in [0.29, 0.717) is 0 Å². The molecule has 2 aromatic rings. The molecule has 1 aliphatic rings. The van der Waals surface area contributed by atoms with E-state index in [9.17, 15) is 9.18 Å². The standard InChI is InChI=1S/C22H28FN3O2/c1-16-6-4-5-7-20(16)24-22(27)17(2)26-12-10-25(11-13-26)15-18-8-9-21(28-3)19(23)14-18/h4-9,14,17H,10-13,15H2,1-3H3,(H,24,27)/p+2/t17-/m0/s1. The molecule has 1 aliphatic heterocycles. The number of hydrogen-bond acceptors (Lipinski definition) is 2. The minimum absolute atomic E-state index is 0.0602. The van der Waals surface area contributed by atoms with Gasteiger partial charge in [0.1, 0.15) is 32.7 Å². The summed E-state index contributed by atoms with van der Waals surface area (Å²) in [5.41, 5.74) is 2.92. The fourth-order valence-corrected chi connectivity index (χ4v) is 3.78. The van der Waals surface area contributed by atoms with Crippen molar-refractivity contribution < 1.29 is 23.7 Å². The van der Waals surface area contributed by atoms with Crippen LogP contribution in [0.15, 0.2) is 42.5 Å². The molecule has 0 bridgehead atoms. The van der Waals surface area contributed by atoms with Gasteiger partial charge in [-0.25, -0.2) is 4.39 Å². The Kier molecular flexibility index (Phi) is 6.65. The number of methoxy groups -OCH3 is 1. The first-order valence-electron chi connectivity index (χ1n) is 9.85. The third-order valence-electron chi connectivity index (χ3n) is 5.68. The van der Waals surface area contributed by atoms with Crippen molar-refractivity contribution in [2.24, 2.45) is 0 Å². The minimum Gasteiger partial charge on any atom is -0.494 e. The lowest BCUT2D eigenvalue weighted by molar-refractivity contribution is -1.02. The lowest BCUT2D eigenvalue weighted by Gasteiger charge is -2.32. The summed E-state index contributed by atoms with van der Waals surface area (Å²) >= 11 is 0. The number of benzene rings is 2. The van der Waals surface area contributed by atoms with Crippen LogP contribution < -0.4 is 19.9 Å². The van der Waals surface area contributed by atoms with E-state index < -0.39 is 0 Å². The number of hydrogen-bond donors (Lipinski definition) is 3. The summed E-state index contributed by atoms with van der Waals surface area (Å²) in [5.74, 6) is 0.0247. The quantitative estimate of drug-likeness (QED) is 0.674. The number of ether oxygens (including phenoxy) is 1. The van der Waals surface area contributed by atoms with Gasteiger partial charge in [-0.05, 0) is 43.7 Å². The Morgan fingerprint density at radius 1 is 1.18 bits per heavy atom. The summed E-state index contributed by atoms with van der Waals surface area (Å²) in [5, 5.41) is 3.06. The van der Waals surface area contributed by atoms with Crippen LogP contribution in [-0.2, 0) is 11.3 Å². The lowest BCUT2D eigenvalue weighted by atomic mass is 10.1. The average Bonchev–Trinajstić information content (AvgIpc) is 2.70. The molecule has 0 saturated carbocycles. The molecule has 0 radical (unpaired) electrons. The molecule has 28 heavy (non-hydrogen) atoms. The van der Waals surface area contributed by atoms with Crippen molar-refractivity contribution >= 4 is 11.6 Å². The highest BCUT2D eigenvalue weighted by atomic mass is 19.1. The summed E-state index contributed by atoms with van der Waals surface area (Å²) in [6.07, 6.45) is 0. The van der Waals surface area contributed by atoms with Gasteiger partial charge in [0.05, 0.1) is 7.11 Å². The summed E-state index contributed by atoms with van der Waals surface area (Å²) < 4.78 is 18.9. The van der Waals surface area contributed by atoms with Crippen LogP contribution in [0.5, 0.6) is 5.75 Å². The first-order valence-corrected chi connectivity index (χ1v) is 9.85. The molecule has 2 aromatic carbocycles. The lowest BCUT2D eigenvalue weighted by Crippen LogP contribution is -3.29. The highest BCUT2D eigenvalue weighted by molar-refractivity contribution is 5.94. The van der Waals surface area contributed by atoms with E-state index in [4.69, 9.17) is 4.74 Å².